The third-order valence-electron chi connectivity index (χ3n) is 1.77. The number of hydrogen-bond acceptors (Lipinski definition) is 0. The van der Waals surface area contributed by atoms with Gasteiger partial charge in [-0.25, -0.2) is 0 Å². The van der Waals surface area contributed by atoms with Gasteiger partial charge in [-0.3, -0.25) is 0 Å². The van der Waals surface area contributed by atoms with Crippen LogP contribution in [0.5, 0.6) is 0 Å². The molecule has 1 nitrogen and oxygen atoms in total. The predicted octanol–water partition coefficient (Wildman–Crippen LogP) is 1.03. The molecule has 0 aliphatic heterocycles. The van der Waals surface area contributed by atoms with Crippen molar-refractivity contribution in [3.63, 3.8) is 0 Å². The molecule has 0 bridgehead atoms. The third kappa shape index (κ3) is 3.56. The zero-order chi connectivity index (χ0) is 8.93. The first-order valence-electron chi connectivity index (χ1n) is 4.27. The van der Waals surface area contributed by atoms with Gasteiger partial charge in [0.1, 0.15) is 0 Å². The van der Waals surface area contributed by atoms with Crippen LogP contribution in [0.1, 0.15) is 0 Å². The van der Waals surface area contributed by atoms with Crippen molar-refractivity contribution in [2.75, 3.05) is 0 Å². The van der Waals surface area contributed by atoms with Crippen molar-refractivity contribution in [1.29, 1.82) is 0 Å². The number of nitrogens with zero attached hydrogens (tertiary/aromatic N) is 1. The summed E-state index contributed by atoms with van der Waals surface area (Å²) in [5.41, 5.74) is 1.99. The van der Waals surface area contributed by atoms with Crippen molar-refractivity contribution >= 4 is 11.4 Å². The molecule has 0 unspecified atom stereocenters. The van der Waals surface area contributed by atoms with Crippen LogP contribution >= 0.6 is 0 Å². The van der Waals surface area contributed by atoms with Gasteiger partial charge in [-0.1, -0.05) is 60.7 Å². The topological polar surface area (TPSA) is 14.1 Å². The second-order valence-corrected chi connectivity index (χ2v) is 2.78. The Morgan fingerprint density at radius 2 is 0.929 bits per heavy atom. The van der Waals surface area contributed by atoms with Gasteiger partial charge in [0.25, 0.3) is 0 Å². The van der Waals surface area contributed by atoms with Gasteiger partial charge in [-0.05, 0) is 0 Å². The normalized spacial score (nSPS) is 8.86. The zero-order valence-corrected chi connectivity index (χ0v) is 11.3. The molecule has 0 aromatic heterocycles. The van der Waals surface area contributed by atoms with Crippen molar-refractivity contribution in [3.05, 3.63) is 66.0 Å². The van der Waals surface area contributed by atoms with E-state index in [1.165, 1.54) is 0 Å². The molecule has 0 saturated heterocycles. The second kappa shape index (κ2) is 6.38. The van der Waals surface area contributed by atoms with E-state index in [2.05, 4.69) is 5.32 Å². The molecule has 2 rings (SSSR count). The van der Waals surface area contributed by atoms with Gasteiger partial charge in [0.15, 0.2) is 0 Å². The third-order valence-corrected chi connectivity index (χ3v) is 1.77. The molecule has 2 aromatic carbocycles. The molecule has 0 aliphatic rings. The first-order valence-corrected chi connectivity index (χ1v) is 4.27. The fourth-order valence-electron chi connectivity index (χ4n) is 1.15. The molecular formula is C12H10KN. The van der Waals surface area contributed by atoms with E-state index in [1.807, 2.05) is 60.7 Å². The van der Waals surface area contributed by atoms with Gasteiger partial charge < -0.3 is 5.32 Å². The maximum Gasteiger partial charge on any atom is 1.00 e. The number of para-hydroxylation sites is 2. The van der Waals surface area contributed by atoms with Crippen molar-refractivity contribution in [2.24, 2.45) is 0 Å². The molecule has 2 aromatic rings. The molecular weight excluding hydrogens is 197 g/mol. The van der Waals surface area contributed by atoms with Crippen LogP contribution in [0.15, 0.2) is 60.7 Å². The molecule has 0 radical (unpaired) electrons. The van der Waals surface area contributed by atoms with Crippen molar-refractivity contribution in [2.45, 2.75) is 0 Å². The van der Waals surface area contributed by atoms with Crippen LogP contribution in [-0.4, -0.2) is 0 Å². The van der Waals surface area contributed by atoms with Gasteiger partial charge in [-0.2, -0.15) is 0 Å². The second-order valence-electron chi connectivity index (χ2n) is 2.78. The Balaban J connectivity index is 0.000000980. The molecule has 0 spiro atoms. The summed E-state index contributed by atoms with van der Waals surface area (Å²) in [4.78, 5) is 0. The van der Waals surface area contributed by atoms with Crippen LogP contribution < -0.4 is 51.4 Å². The first-order chi connectivity index (χ1) is 6.45. The largest absolute Gasteiger partial charge is 1.00 e. The SMILES string of the molecule is [K+].c1ccc([N-]c2ccccc2)cc1. The van der Waals surface area contributed by atoms with Gasteiger partial charge >= 0.3 is 51.4 Å². The zero-order valence-electron chi connectivity index (χ0n) is 8.22. The maximum atomic E-state index is 4.44. The predicted molar refractivity (Wildman–Crippen MR) is 55.6 cm³/mol. The van der Waals surface area contributed by atoms with Crippen LogP contribution in [0.3, 0.4) is 0 Å². The summed E-state index contributed by atoms with van der Waals surface area (Å²) >= 11 is 0. The van der Waals surface area contributed by atoms with Gasteiger partial charge in [0.05, 0.1) is 0 Å². The van der Waals surface area contributed by atoms with Crippen molar-refractivity contribution in [1.82, 2.24) is 0 Å². The molecule has 0 saturated carbocycles. The molecule has 2 heteroatoms. The molecule has 0 N–H and O–H groups in total. The number of rotatable bonds is 2. The summed E-state index contributed by atoms with van der Waals surface area (Å²) in [7, 11) is 0. The van der Waals surface area contributed by atoms with Crippen molar-refractivity contribution in [3.8, 4) is 0 Å². The Bertz CT molecular complexity index is 321. The summed E-state index contributed by atoms with van der Waals surface area (Å²) < 4.78 is 0. The monoisotopic (exact) mass is 207 g/mol. The molecule has 0 aliphatic carbocycles. The number of benzene rings is 2. The van der Waals surface area contributed by atoms with Crippen LogP contribution in [-0.2, 0) is 0 Å². The molecule has 64 valence electrons. The van der Waals surface area contributed by atoms with Crippen LogP contribution in [0.4, 0.5) is 11.4 Å². The van der Waals surface area contributed by atoms with E-state index < -0.39 is 0 Å². The molecule has 0 atom stereocenters. The smallest absolute Gasteiger partial charge is 0.658 e. The summed E-state index contributed by atoms with van der Waals surface area (Å²) in [5, 5.41) is 4.44. The first kappa shape index (κ1) is 11.9. The van der Waals surface area contributed by atoms with E-state index in [0.717, 1.165) is 11.4 Å². The van der Waals surface area contributed by atoms with E-state index in [9.17, 15) is 0 Å². The van der Waals surface area contributed by atoms with E-state index in [0.29, 0.717) is 0 Å². The van der Waals surface area contributed by atoms with Crippen molar-refractivity contribution < 1.29 is 51.4 Å². The van der Waals surface area contributed by atoms with Gasteiger partial charge in [0, 0.05) is 0 Å². The average molecular weight is 207 g/mol. The van der Waals surface area contributed by atoms with E-state index in [1.54, 1.807) is 0 Å². The standard InChI is InChI=1S/C12H10N.K/c1-3-7-11(8-4-1)13-12-9-5-2-6-10-12;/h1-10H;/q-1;+1. The fraction of sp³-hybridized carbons (Fsp3) is 0. The van der Waals surface area contributed by atoms with Crippen LogP contribution in [0, 0.1) is 0 Å². The minimum Gasteiger partial charge on any atom is -0.658 e. The Morgan fingerprint density at radius 3 is 1.29 bits per heavy atom. The minimum atomic E-state index is 0. The summed E-state index contributed by atoms with van der Waals surface area (Å²) in [6, 6.07) is 19.9. The van der Waals surface area contributed by atoms with Gasteiger partial charge in [-0.15, -0.1) is 11.4 Å². The molecule has 0 amide bonds. The van der Waals surface area contributed by atoms with E-state index >= 15 is 0 Å². The van der Waals surface area contributed by atoms with Gasteiger partial charge in [0.2, 0.25) is 0 Å². The number of hydrogen-bond donors (Lipinski definition) is 0. The minimum absolute atomic E-state index is 0. The Labute approximate surface area is 127 Å². The van der Waals surface area contributed by atoms with E-state index in [-0.39, 0.29) is 51.4 Å². The Morgan fingerprint density at radius 1 is 0.571 bits per heavy atom. The fourth-order valence-corrected chi connectivity index (χ4v) is 1.15. The molecule has 14 heavy (non-hydrogen) atoms. The Kier molecular flexibility index (Phi) is 5.44. The molecule has 0 heterocycles. The van der Waals surface area contributed by atoms with Crippen LogP contribution in [0.2, 0.25) is 0 Å². The van der Waals surface area contributed by atoms with E-state index in [4.69, 9.17) is 0 Å². The maximum absolute atomic E-state index is 4.44. The Hall–Kier alpha value is -0.124. The summed E-state index contributed by atoms with van der Waals surface area (Å²) in [6.45, 7) is 0. The quantitative estimate of drug-likeness (QED) is 0.653. The average Bonchev–Trinajstić information content (AvgIpc) is 2.21. The summed E-state index contributed by atoms with van der Waals surface area (Å²) in [5.74, 6) is 0. The van der Waals surface area contributed by atoms with Crippen LogP contribution in [0.25, 0.3) is 5.32 Å². The molecule has 0 fully saturated rings. The summed E-state index contributed by atoms with van der Waals surface area (Å²) in [6.07, 6.45) is 0.